The predicted molar refractivity (Wildman–Crippen MR) is 78.9 cm³/mol. The molecule has 1 saturated carbocycles. The maximum Gasteiger partial charge on any atom is 0.327 e. The van der Waals surface area contributed by atoms with E-state index in [0.717, 1.165) is 12.8 Å². The third kappa shape index (κ3) is 4.03. The predicted octanol–water partition coefficient (Wildman–Crippen LogP) is 0.459. The molecule has 1 aliphatic carbocycles. The monoisotopic (exact) mass is 315 g/mol. The number of nitrogens with zero attached hydrogens (tertiary/aromatic N) is 1. The Morgan fingerprint density at radius 1 is 1.33 bits per heavy atom. The third-order valence-corrected chi connectivity index (χ3v) is 5.09. The van der Waals surface area contributed by atoms with E-state index in [-0.39, 0.29) is 29.8 Å². The van der Waals surface area contributed by atoms with Gasteiger partial charge in [-0.1, -0.05) is 13.8 Å². The first-order valence-electron chi connectivity index (χ1n) is 7.10. The summed E-state index contributed by atoms with van der Waals surface area (Å²) in [7, 11) is 0. The molecule has 8 heteroatoms. The minimum Gasteiger partial charge on any atom is -0.480 e. The van der Waals surface area contributed by atoms with Crippen LogP contribution in [0.5, 0.6) is 0 Å². The Kier molecular flexibility index (Phi) is 4.97. The number of carboxylic acid groups (broad SMARTS) is 1. The average Bonchev–Trinajstić information content (AvgIpc) is 3.08. The molecule has 2 rings (SSSR count). The van der Waals surface area contributed by atoms with Crippen molar-refractivity contribution in [3.05, 3.63) is 0 Å². The molecular formula is C13H21N3O4S. The van der Waals surface area contributed by atoms with Gasteiger partial charge in [0, 0.05) is 11.8 Å². The molecule has 2 fully saturated rings. The van der Waals surface area contributed by atoms with Crippen molar-refractivity contribution in [1.29, 1.82) is 0 Å². The van der Waals surface area contributed by atoms with Gasteiger partial charge in [-0.25, -0.2) is 9.59 Å². The second-order valence-corrected chi connectivity index (χ2v) is 6.88. The van der Waals surface area contributed by atoms with Crippen LogP contribution in [0.4, 0.5) is 4.79 Å². The van der Waals surface area contributed by atoms with Crippen molar-refractivity contribution in [3.8, 4) is 0 Å². The fourth-order valence-corrected chi connectivity index (χ4v) is 3.71. The van der Waals surface area contributed by atoms with E-state index in [0.29, 0.717) is 5.75 Å². The molecule has 2 atom stereocenters. The Bertz CT molecular complexity index is 439. The Balaban J connectivity index is 1.92. The normalized spacial score (nSPS) is 25.0. The van der Waals surface area contributed by atoms with Gasteiger partial charge in [-0.15, -0.1) is 11.8 Å². The summed E-state index contributed by atoms with van der Waals surface area (Å²) in [6.07, 6.45) is 1.97. The number of carbonyl (C=O) groups excluding carboxylic acids is 2. The summed E-state index contributed by atoms with van der Waals surface area (Å²) < 4.78 is 0. The first kappa shape index (κ1) is 15.9. The lowest BCUT2D eigenvalue weighted by molar-refractivity contribution is -0.141. The topological polar surface area (TPSA) is 98.7 Å². The molecule has 3 N–H and O–H groups in total. The van der Waals surface area contributed by atoms with Crippen LogP contribution in [0.15, 0.2) is 0 Å². The highest BCUT2D eigenvalue weighted by atomic mass is 32.2. The highest BCUT2D eigenvalue weighted by Gasteiger charge is 2.43. The molecule has 118 valence electrons. The molecule has 21 heavy (non-hydrogen) atoms. The largest absolute Gasteiger partial charge is 0.480 e. The number of amides is 3. The first-order valence-corrected chi connectivity index (χ1v) is 8.15. The Morgan fingerprint density at radius 3 is 2.52 bits per heavy atom. The van der Waals surface area contributed by atoms with Crippen LogP contribution in [0.25, 0.3) is 0 Å². The summed E-state index contributed by atoms with van der Waals surface area (Å²) in [5.74, 6) is -0.723. The molecule has 2 aliphatic rings. The number of carboxylic acids is 1. The van der Waals surface area contributed by atoms with Crippen molar-refractivity contribution in [2.75, 3.05) is 12.3 Å². The van der Waals surface area contributed by atoms with Gasteiger partial charge in [-0.3, -0.25) is 9.69 Å². The van der Waals surface area contributed by atoms with Crippen LogP contribution < -0.4 is 10.6 Å². The van der Waals surface area contributed by atoms with Crippen molar-refractivity contribution in [1.82, 2.24) is 15.5 Å². The lowest BCUT2D eigenvalue weighted by Gasteiger charge is -2.29. The van der Waals surface area contributed by atoms with Gasteiger partial charge in [0.05, 0.1) is 11.9 Å². The summed E-state index contributed by atoms with van der Waals surface area (Å²) >= 11 is 1.46. The minimum atomic E-state index is -1.01. The molecule has 0 bridgehead atoms. The minimum absolute atomic E-state index is 0.117. The molecule has 0 spiro atoms. The van der Waals surface area contributed by atoms with Crippen LogP contribution in [-0.2, 0) is 9.59 Å². The molecule has 0 aromatic rings. The number of carbonyl (C=O) groups is 3. The van der Waals surface area contributed by atoms with Gasteiger partial charge in [-0.05, 0) is 18.8 Å². The Labute approximate surface area is 127 Å². The van der Waals surface area contributed by atoms with Gasteiger partial charge < -0.3 is 15.7 Å². The molecule has 2 unspecified atom stereocenters. The highest BCUT2D eigenvalue weighted by molar-refractivity contribution is 8.00. The Hall–Kier alpha value is -1.44. The van der Waals surface area contributed by atoms with Gasteiger partial charge in [0.1, 0.15) is 6.04 Å². The molecular weight excluding hydrogens is 294 g/mol. The zero-order valence-electron chi connectivity index (χ0n) is 12.2. The van der Waals surface area contributed by atoms with Crippen molar-refractivity contribution < 1.29 is 19.5 Å². The lowest BCUT2D eigenvalue weighted by atomic mass is 10.2. The molecule has 1 heterocycles. The van der Waals surface area contributed by atoms with E-state index in [1.165, 1.54) is 16.7 Å². The maximum atomic E-state index is 12.2. The number of rotatable bonds is 5. The number of thioether (sulfide) groups is 1. The summed E-state index contributed by atoms with van der Waals surface area (Å²) in [5, 5.41) is 14.3. The summed E-state index contributed by atoms with van der Waals surface area (Å²) in [4.78, 5) is 36.4. The van der Waals surface area contributed by atoms with E-state index in [1.54, 1.807) is 0 Å². The molecule has 0 aromatic heterocycles. The lowest BCUT2D eigenvalue weighted by Crippen LogP contribution is -2.53. The van der Waals surface area contributed by atoms with Crippen LogP contribution in [0, 0.1) is 5.92 Å². The van der Waals surface area contributed by atoms with Crippen LogP contribution in [0.1, 0.15) is 26.7 Å². The summed E-state index contributed by atoms with van der Waals surface area (Å²) in [6, 6.07) is -1.09. The summed E-state index contributed by atoms with van der Waals surface area (Å²) in [5.41, 5.74) is 0. The number of hydrogen-bond donors (Lipinski definition) is 3. The van der Waals surface area contributed by atoms with Gasteiger partial charge in [-0.2, -0.15) is 0 Å². The third-order valence-electron chi connectivity index (χ3n) is 3.47. The Morgan fingerprint density at radius 2 is 2.00 bits per heavy atom. The smallest absolute Gasteiger partial charge is 0.327 e. The van der Waals surface area contributed by atoms with Gasteiger partial charge in [0.15, 0.2) is 0 Å². The molecule has 7 nitrogen and oxygen atoms in total. The van der Waals surface area contributed by atoms with Crippen LogP contribution in [0.3, 0.4) is 0 Å². The van der Waals surface area contributed by atoms with Crippen molar-refractivity contribution >= 4 is 29.7 Å². The fraction of sp³-hybridized carbons (Fsp3) is 0.769. The van der Waals surface area contributed by atoms with Crippen molar-refractivity contribution in [2.24, 2.45) is 5.92 Å². The molecule has 1 saturated heterocycles. The van der Waals surface area contributed by atoms with Crippen molar-refractivity contribution in [2.45, 2.75) is 44.1 Å². The van der Waals surface area contributed by atoms with Gasteiger partial charge in [0.2, 0.25) is 5.91 Å². The highest BCUT2D eigenvalue weighted by Crippen LogP contribution is 2.33. The van der Waals surface area contributed by atoms with Gasteiger partial charge >= 0.3 is 12.0 Å². The average molecular weight is 315 g/mol. The molecule has 1 aliphatic heterocycles. The molecule has 3 amide bonds. The zero-order valence-corrected chi connectivity index (χ0v) is 13.0. The quantitative estimate of drug-likeness (QED) is 0.684. The second kappa shape index (κ2) is 6.55. The summed E-state index contributed by atoms with van der Waals surface area (Å²) in [6.45, 7) is 3.78. The molecule has 0 aromatic carbocycles. The second-order valence-electron chi connectivity index (χ2n) is 5.73. The standard InChI is InChI=1S/C13H21N3O4S/c1-7(2)11-16(9(6-21-11)12(18)19)13(20)14-5-10(17)15-8-3-4-8/h7-9,11H,3-6H2,1-2H3,(H,14,20)(H,15,17)(H,18,19). The zero-order chi connectivity index (χ0) is 15.6. The first-order chi connectivity index (χ1) is 9.90. The number of hydrogen-bond acceptors (Lipinski definition) is 4. The van der Waals surface area contributed by atoms with E-state index >= 15 is 0 Å². The molecule has 0 radical (unpaired) electrons. The van der Waals surface area contributed by atoms with E-state index in [9.17, 15) is 19.5 Å². The van der Waals surface area contributed by atoms with E-state index in [1.807, 2.05) is 13.8 Å². The van der Waals surface area contributed by atoms with Crippen LogP contribution >= 0.6 is 11.8 Å². The van der Waals surface area contributed by atoms with Crippen molar-refractivity contribution in [3.63, 3.8) is 0 Å². The van der Waals surface area contributed by atoms with E-state index in [4.69, 9.17) is 0 Å². The van der Waals surface area contributed by atoms with Gasteiger partial charge in [0.25, 0.3) is 0 Å². The number of nitrogens with one attached hydrogen (secondary N) is 2. The fourth-order valence-electron chi connectivity index (χ4n) is 2.24. The SMILES string of the molecule is CC(C)C1SCC(C(=O)O)N1C(=O)NCC(=O)NC1CC1. The van der Waals surface area contributed by atoms with Crippen LogP contribution in [0.2, 0.25) is 0 Å². The number of aliphatic carboxylic acids is 1. The number of urea groups is 1. The van der Waals surface area contributed by atoms with E-state index in [2.05, 4.69) is 10.6 Å². The van der Waals surface area contributed by atoms with E-state index < -0.39 is 18.0 Å². The van der Waals surface area contributed by atoms with Crippen LogP contribution in [-0.4, -0.2) is 57.7 Å². The maximum absolute atomic E-state index is 12.2.